The first-order valence-electron chi connectivity index (χ1n) is 7.87. The highest BCUT2D eigenvalue weighted by atomic mass is 79.9. The summed E-state index contributed by atoms with van der Waals surface area (Å²) in [4.78, 5) is 22.4. The number of aromatic nitrogens is 2. The lowest BCUT2D eigenvalue weighted by molar-refractivity contribution is -0.128. The van der Waals surface area contributed by atoms with E-state index in [2.05, 4.69) is 25.9 Å². The number of halogens is 1. The Balaban J connectivity index is 1.57. The molecule has 1 fully saturated rings. The smallest absolute Gasteiger partial charge is 0.316 e. The van der Waals surface area contributed by atoms with E-state index in [9.17, 15) is 4.79 Å². The summed E-state index contributed by atoms with van der Waals surface area (Å²) in [5.74, 6) is 0.00359. The highest BCUT2D eigenvalue weighted by molar-refractivity contribution is 9.10. The van der Waals surface area contributed by atoms with Crippen LogP contribution < -0.4 is 4.74 Å². The van der Waals surface area contributed by atoms with Crippen molar-refractivity contribution in [1.82, 2.24) is 14.9 Å². The molecular formula is C18H18BrN3O2. The fourth-order valence-electron chi connectivity index (χ4n) is 2.58. The SMILES string of the molecule is O=C(/C=C/c1ccccc1)N1CCCC(Oc2ncc(Br)cn2)C1. The van der Waals surface area contributed by atoms with E-state index < -0.39 is 0 Å². The molecule has 2 aromatic rings. The molecule has 5 nitrogen and oxygen atoms in total. The minimum absolute atomic E-state index is 0.00359. The van der Waals surface area contributed by atoms with Gasteiger partial charge in [-0.15, -0.1) is 0 Å². The third kappa shape index (κ3) is 4.64. The third-order valence-corrected chi connectivity index (χ3v) is 4.19. The summed E-state index contributed by atoms with van der Waals surface area (Å²) >= 11 is 3.29. The van der Waals surface area contributed by atoms with Crippen LogP contribution in [0.1, 0.15) is 18.4 Å². The summed E-state index contributed by atoms with van der Waals surface area (Å²) in [6.45, 7) is 1.30. The van der Waals surface area contributed by atoms with E-state index in [-0.39, 0.29) is 12.0 Å². The highest BCUT2D eigenvalue weighted by Crippen LogP contribution is 2.17. The average Bonchev–Trinajstić information content (AvgIpc) is 2.63. The molecular weight excluding hydrogens is 370 g/mol. The molecule has 124 valence electrons. The zero-order valence-corrected chi connectivity index (χ0v) is 14.7. The number of carbonyl (C=O) groups is 1. The number of rotatable bonds is 4. The number of benzene rings is 1. The number of hydrogen-bond acceptors (Lipinski definition) is 4. The molecule has 1 unspecified atom stereocenters. The lowest BCUT2D eigenvalue weighted by atomic mass is 10.1. The Morgan fingerprint density at radius 1 is 1.25 bits per heavy atom. The Labute approximate surface area is 149 Å². The van der Waals surface area contributed by atoms with Gasteiger partial charge in [-0.25, -0.2) is 9.97 Å². The molecule has 24 heavy (non-hydrogen) atoms. The standard InChI is InChI=1S/C18H18BrN3O2/c19-15-11-20-18(21-12-15)24-16-7-4-10-22(13-16)17(23)9-8-14-5-2-1-3-6-14/h1-3,5-6,8-9,11-12,16H,4,7,10,13H2/b9-8+. The van der Waals surface area contributed by atoms with Gasteiger partial charge < -0.3 is 9.64 Å². The van der Waals surface area contributed by atoms with Crippen LogP contribution in [0.4, 0.5) is 0 Å². The molecule has 2 heterocycles. The van der Waals surface area contributed by atoms with Gasteiger partial charge in [-0.1, -0.05) is 30.3 Å². The minimum Gasteiger partial charge on any atom is -0.458 e. The van der Waals surface area contributed by atoms with Gasteiger partial charge >= 0.3 is 6.01 Å². The van der Waals surface area contributed by atoms with Crippen molar-refractivity contribution < 1.29 is 9.53 Å². The van der Waals surface area contributed by atoms with E-state index >= 15 is 0 Å². The first-order valence-corrected chi connectivity index (χ1v) is 8.66. The van der Waals surface area contributed by atoms with Crippen LogP contribution in [0.2, 0.25) is 0 Å². The van der Waals surface area contributed by atoms with E-state index in [1.165, 1.54) is 0 Å². The van der Waals surface area contributed by atoms with Gasteiger partial charge in [0, 0.05) is 25.0 Å². The van der Waals surface area contributed by atoms with E-state index in [0.29, 0.717) is 12.6 Å². The molecule has 1 aliphatic rings. The third-order valence-electron chi connectivity index (χ3n) is 3.78. The van der Waals surface area contributed by atoms with Gasteiger partial charge in [0.15, 0.2) is 0 Å². The number of nitrogens with zero attached hydrogens (tertiary/aromatic N) is 3. The Kier molecular flexibility index (Phi) is 5.59. The van der Waals surface area contributed by atoms with Gasteiger partial charge in [0.1, 0.15) is 6.10 Å². The van der Waals surface area contributed by atoms with Crippen LogP contribution in [0.25, 0.3) is 6.08 Å². The molecule has 1 aromatic heterocycles. The summed E-state index contributed by atoms with van der Waals surface area (Å²) in [7, 11) is 0. The predicted octanol–water partition coefficient (Wildman–Crippen LogP) is 3.32. The van der Waals surface area contributed by atoms with Crippen molar-refractivity contribution in [3.05, 3.63) is 58.8 Å². The predicted molar refractivity (Wildman–Crippen MR) is 95.4 cm³/mol. The lowest BCUT2D eigenvalue weighted by Crippen LogP contribution is -2.43. The Hall–Kier alpha value is -2.21. The topological polar surface area (TPSA) is 55.3 Å². The Morgan fingerprint density at radius 2 is 2.00 bits per heavy atom. The van der Waals surface area contributed by atoms with Crippen LogP contribution in [-0.2, 0) is 4.79 Å². The van der Waals surface area contributed by atoms with Crippen LogP contribution in [0.5, 0.6) is 6.01 Å². The fraction of sp³-hybridized carbons (Fsp3) is 0.278. The number of amides is 1. The van der Waals surface area contributed by atoms with Crippen LogP contribution >= 0.6 is 15.9 Å². The molecule has 0 radical (unpaired) electrons. The second-order valence-corrected chi connectivity index (χ2v) is 6.51. The van der Waals surface area contributed by atoms with Crippen molar-refractivity contribution in [1.29, 1.82) is 0 Å². The zero-order chi connectivity index (χ0) is 16.8. The molecule has 1 aromatic carbocycles. The van der Waals surface area contributed by atoms with Crippen molar-refractivity contribution in [2.45, 2.75) is 18.9 Å². The molecule has 1 amide bonds. The molecule has 1 aliphatic heterocycles. The van der Waals surface area contributed by atoms with Crippen molar-refractivity contribution in [2.75, 3.05) is 13.1 Å². The first kappa shape index (κ1) is 16.6. The summed E-state index contributed by atoms with van der Waals surface area (Å²) in [6.07, 6.45) is 8.48. The lowest BCUT2D eigenvalue weighted by Gasteiger charge is -2.31. The number of piperidine rings is 1. The van der Waals surface area contributed by atoms with Gasteiger partial charge in [-0.3, -0.25) is 4.79 Å². The average molecular weight is 388 g/mol. The number of likely N-dealkylation sites (tertiary alicyclic amines) is 1. The van der Waals surface area contributed by atoms with Crippen LogP contribution in [0.3, 0.4) is 0 Å². The largest absolute Gasteiger partial charge is 0.458 e. The Bertz CT molecular complexity index is 704. The summed E-state index contributed by atoms with van der Waals surface area (Å²) < 4.78 is 6.60. The van der Waals surface area contributed by atoms with E-state index in [0.717, 1.165) is 29.4 Å². The second kappa shape index (κ2) is 8.06. The maximum atomic E-state index is 12.4. The summed E-state index contributed by atoms with van der Waals surface area (Å²) in [6, 6.07) is 10.1. The van der Waals surface area contributed by atoms with Crippen LogP contribution in [0, 0.1) is 0 Å². The maximum Gasteiger partial charge on any atom is 0.316 e. The van der Waals surface area contributed by atoms with Gasteiger partial charge in [-0.05, 0) is 40.4 Å². The second-order valence-electron chi connectivity index (χ2n) is 5.59. The van der Waals surface area contributed by atoms with Gasteiger partial charge in [0.2, 0.25) is 5.91 Å². The van der Waals surface area contributed by atoms with Gasteiger partial charge in [0.05, 0.1) is 11.0 Å². The summed E-state index contributed by atoms with van der Waals surface area (Å²) in [5.41, 5.74) is 1.01. The van der Waals surface area contributed by atoms with Gasteiger partial charge in [-0.2, -0.15) is 0 Å². The number of ether oxygens (including phenoxy) is 1. The minimum atomic E-state index is -0.0750. The molecule has 3 rings (SSSR count). The number of hydrogen-bond donors (Lipinski definition) is 0. The molecule has 1 atom stereocenters. The van der Waals surface area contributed by atoms with Crippen molar-refractivity contribution >= 4 is 27.9 Å². The van der Waals surface area contributed by atoms with Crippen LogP contribution in [-0.4, -0.2) is 40.0 Å². The molecule has 6 heteroatoms. The molecule has 0 spiro atoms. The molecule has 0 N–H and O–H groups in total. The van der Waals surface area contributed by atoms with E-state index in [1.54, 1.807) is 18.5 Å². The van der Waals surface area contributed by atoms with Gasteiger partial charge in [0.25, 0.3) is 0 Å². The monoisotopic (exact) mass is 387 g/mol. The maximum absolute atomic E-state index is 12.4. The van der Waals surface area contributed by atoms with Crippen molar-refractivity contribution in [3.63, 3.8) is 0 Å². The normalized spacial score (nSPS) is 17.9. The Morgan fingerprint density at radius 3 is 2.75 bits per heavy atom. The fourth-order valence-corrected chi connectivity index (χ4v) is 2.79. The molecule has 1 saturated heterocycles. The van der Waals surface area contributed by atoms with Crippen molar-refractivity contribution in [3.8, 4) is 6.01 Å². The van der Waals surface area contributed by atoms with Crippen molar-refractivity contribution in [2.24, 2.45) is 0 Å². The van der Waals surface area contributed by atoms with E-state index in [4.69, 9.17) is 4.74 Å². The first-order chi connectivity index (χ1) is 11.7. The van der Waals surface area contributed by atoms with E-state index in [1.807, 2.05) is 41.3 Å². The quantitative estimate of drug-likeness (QED) is 0.755. The van der Waals surface area contributed by atoms with Crippen LogP contribution in [0.15, 0.2) is 53.3 Å². The number of carbonyl (C=O) groups excluding carboxylic acids is 1. The molecule has 0 bridgehead atoms. The molecule has 0 aliphatic carbocycles. The zero-order valence-electron chi connectivity index (χ0n) is 13.1. The molecule has 0 saturated carbocycles. The summed E-state index contributed by atoms with van der Waals surface area (Å²) in [5, 5.41) is 0. The highest BCUT2D eigenvalue weighted by Gasteiger charge is 2.24.